The molecule has 3 aromatic rings. The Balaban J connectivity index is 1.41. The molecule has 0 unspecified atom stereocenters. The summed E-state index contributed by atoms with van der Waals surface area (Å²) in [6, 6.07) is 11.1. The number of furan rings is 1. The molecule has 0 radical (unpaired) electrons. The Morgan fingerprint density at radius 2 is 1.79 bits per heavy atom. The van der Waals surface area contributed by atoms with Gasteiger partial charge in [0.25, 0.3) is 17.7 Å². The molecule has 1 N–H and O–H groups in total. The molecule has 2 heterocycles. The third-order valence-electron chi connectivity index (χ3n) is 5.21. The number of nitrogens with zero attached hydrogens (tertiary/aromatic N) is 1. The van der Waals surface area contributed by atoms with Gasteiger partial charge in [-0.2, -0.15) is 0 Å². The highest BCUT2D eigenvalue weighted by Crippen LogP contribution is 2.27. The van der Waals surface area contributed by atoms with Crippen molar-refractivity contribution in [1.29, 1.82) is 0 Å². The number of halogens is 1. The number of aryl methyl sites for hydroxylation is 2. The van der Waals surface area contributed by atoms with Crippen molar-refractivity contribution in [3.63, 3.8) is 0 Å². The second-order valence-electron chi connectivity index (χ2n) is 7.58. The van der Waals surface area contributed by atoms with E-state index in [1.54, 1.807) is 12.1 Å². The van der Waals surface area contributed by atoms with Crippen LogP contribution in [0.4, 0.5) is 5.69 Å². The zero-order valence-corrected chi connectivity index (χ0v) is 19.4. The van der Waals surface area contributed by atoms with Gasteiger partial charge in [-0.3, -0.25) is 19.3 Å². The lowest BCUT2D eigenvalue weighted by atomic mass is 10.1. The van der Waals surface area contributed by atoms with E-state index in [2.05, 4.69) is 21.2 Å². The maximum absolute atomic E-state index is 12.7. The highest BCUT2D eigenvalue weighted by atomic mass is 79.9. The van der Waals surface area contributed by atoms with Crippen molar-refractivity contribution in [2.75, 3.05) is 11.9 Å². The van der Waals surface area contributed by atoms with E-state index in [0.717, 1.165) is 20.5 Å². The molecular formula is C24H19BrN2O6. The monoisotopic (exact) mass is 510 g/mol. The van der Waals surface area contributed by atoms with E-state index < -0.39 is 30.3 Å². The molecule has 0 spiro atoms. The van der Waals surface area contributed by atoms with Crippen LogP contribution in [-0.4, -0.2) is 35.2 Å². The number of hydrogen-bond acceptors (Lipinski definition) is 6. The summed E-state index contributed by atoms with van der Waals surface area (Å²) in [5, 5.41) is 2.72. The first-order valence-electron chi connectivity index (χ1n) is 10.0. The molecule has 0 aliphatic carbocycles. The van der Waals surface area contributed by atoms with Gasteiger partial charge in [-0.15, -0.1) is 0 Å². The molecule has 1 aliphatic rings. The zero-order valence-electron chi connectivity index (χ0n) is 17.8. The minimum absolute atomic E-state index is 0.00571. The van der Waals surface area contributed by atoms with Gasteiger partial charge in [0.1, 0.15) is 5.76 Å². The summed E-state index contributed by atoms with van der Waals surface area (Å²) < 4.78 is 11.2. The van der Waals surface area contributed by atoms with E-state index in [4.69, 9.17) is 9.15 Å². The number of anilines is 1. The predicted molar refractivity (Wildman–Crippen MR) is 122 cm³/mol. The highest BCUT2D eigenvalue weighted by Gasteiger charge is 2.36. The second kappa shape index (κ2) is 9.03. The molecule has 9 heteroatoms. The third kappa shape index (κ3) is 4.58. The Bertz CT molecular complexity index is 1280. The van der Waals surface area contributed by atoms with Gasteiger partial charge in [0.15, 0.2) is 6.61 Å². The standard InChI is InChI=1S/C24H19BrN2O6/c1-13-9-20(14(2)8-19(13)25)26-21(28)12-33-24(31)15-5-6-17-18(10-15)23(30)27(22(17)29)11-16-4-3-7-32-16/h3-10H,11-12H2,1-2H3,(H,26,28). The summed E-state index contributed by atoms with van der Waals surface area (Å²) in [5.41, 5.74) is 2.79. The fourth-order valence-electron chi connectivity index (χ4n) is 3.44. The maximum Gasteiger partial charge on any atom is 0.338 e. The van der Waals surface area contributed by atoms with Crippen LogP contribution in [-0.2, 0) is 16.1 Å². The molecule has 0 bridgehead atoms. The topological polar surface area (TPSA) is 106 Å². The van der Waals surface area contributed by atoms with E-state index in [-0.39, 0.29) is 23.2 Å². The molecule has 2 aromatic carbocycles. The number of carbonyl (C=O) groups is 4. The minimum atomic E-state index is -0.776. The summed E-state index contributed by atoms with van der Waals surface area (Å²) >= 11 is 3.43. The number of ether oxygens (including phenoxy) is 1. The Labute approximate surface area is 197 Å². The third-order valence-corrected chi connectivity index (χ3v) is 6.07. The molecule has 1 aromatic heterocycles. The first-order chi connectivity index (χ1) is 15.7. The summed E-state index contributed by atoms with van der Waals surface area (Å²) in [7, 11) is 0. The molecule has 1 aliphatic heterocycles. The van der Waals surface area contributed by atoms with Crippen molar-refractivity contribution in [2.45, 2.75) is 20.4 Å². The van der Waals surface area contributed by atoms with Crippen LogP contribution in [0.1, 0.15) is 48.0 Å². The van der Waals surface area contributed by atoms with Crippen LogP contribution in [0.5, 0.6) is 0 Å². The van der Waals surface area contributed by atoms with Crippen LogP contribution >= 0.6 is 15.9 Å². The van der Waals surface area contributed by atoms with E-state index in [0.29, 0.717) is 11.4 Å². The first kappa shape index (κ1) is 22.5. The van der Waals surface area contributed by atoms with Crippen molar-refractivity contribution in [3.8, 4) is 0 Å². The first-order valence-corrected chi connectivity index (χ1v) is 10.8. The average molecular weight is 511 g/mol. The molecule has 0 atom stereocenters. The fourth-order valence-corrected chi connectivity index (χ4v) is 3.89. The van der Waals surface area contributed by atoms with Crippen molar-refractivity contribution in [2.24, 2.45) is 0 Å². The molecule has 0 saturated carbocycles. The molecule has 8 nitrogen and oxygen atoms in total. The van der Waals surface area contributed by atoms with Crippen molar-refractivity contribution >= 4 is 45.3 Å². The summed E-state index contributed by atoms with van der Waals surface area (Å²) in [5.74, 6) is -1.80. The number of fused-ring (bicyclic) bond motifs is 1. The fraction of sp³-hybridized carbons (Fsp3) is 0.167. The number of nitrogens with one attached hydrogen (secondary N) is 1. The molecule has 168 valence electrons. The largest absolute Gasteiger partial charge is 0.467 e. The van der Waals surface area contributed by atoms with Crippen molar-refractivity contribution in [1.82, 2.24) is 4.90 Å². The Hall–Kier alpha value is -3.72. The van der Waals surface area contributed by atoms with Gasteiger partial charge in [0.05, 0.1) is 29.5 Å². The number of benzene rings is 2. The second-order valence-corrected chi connectivity index (χ2v) is 8.43. The summed E-state index contributed by atoms with van der Waals surface area (Å²) in [6.45, 7) is 3.24. The smallest absolute Gasteiger partial charge is 0.338 e. The van der Waals surface area contributed by atoms with Crippen LogP contribution in [0.3, 0.4) is 0 Å². The maximum atomic E-state index is 12.7. The Kier molecular flexibility index (Phi) is 6.15. The van der Waals surface area contributed by atoms with Crippen molar-refractivity contribution < 1.29 is 28.3 Å². The van der Waals surface area contributed by atoms with Gasteiger partial charge < -0.3 is 14.5 Å². The van der Waals surface area contributed by atoms with Crippen LogP contribution in [0.15, 0.2) is 57.6 Å². The molecule has 33 heavy (non-hydrogen) atoms. The number of carbonyl (C=O) groups excluding carboxylic acids is 4. The normalized spacial score (nSPS) is 12.6. The molecule has 3 amide bonds. The Morgan fingerprint density at radius 3 is 2.52 bits per heavy atom. The van der Waals surface area contributed by atoms with Gasteiger partial charge in [-0.05, 0) is 67.4 Å². The Morgan fingerprint density at radius 1 is 1.03 bits per heavy atom. The highest BCUT2D eigenvalue weighted by molar-refractivity contribution is 9.10. The van der Waals surface area contributed by atoms with E-state index in [9.17, 15) is 19.2 Å². The number of amides is 3. The molecule has 4 rings (SSSR count). The van der Waals surface area contributed by atoms with Crippen LogP contribution in [0, 0.1) is 13.8 Å². The van der Waals surface area contributed by atoms with Crippen LogP contribution in [0.2, 0.25) is 0 Å². The van der Waals surface area contributed by atoms with Gasteiger partial charge >= 0.3 is 5.97 Å². The number of hydrogen-bond donors (Lipinski definition) is 1. The van der Waals surface area contributed by atoms with Crippen molar-refractivity contribution in [3.05, 3.63) is 86.8 Å². The summed E-state index contributed by atoms with van der Waals surface area (Å²) in [4.78, 5) is 51.0. The van der Waals surface area contributed by atoms with Crippen LogP contribution in [0.25, 0.3) is 0 Å². The number of imide groups is 1. The lowest BCUT2D eigenvalue weighted by molar-refractivity contribution is -0.119. The SMILES string of the molecule is Cc1cc(NC(=O)COC(=O)c2ccc3c(c2)C(=O)N(Cc2ccco2)C3=O)c(C)cc1Br. The van der Waals surface area contributed by atoms with E-state index in [1.165, 1.54) is 24.5 Å². The molecule has 0 saturated heterocycles. The van der Waals surface area contributed by atoms with Gasteiger partial charge in [0.2, 0.25) is 0 Å². The lowest BCUT2D eigenvalue weighted by Crippen LogP contribution is -2.28. The number of rotatable bonds is 6. The van der Waals surface area contributed by atoms with Crippen LogP contribution < -0.4 is 5.32 Å². The average Bonchev–Trinajstić information content (AvgIpc) is 3.38. The summed E-state index contributed by atoms with van der Waals surface area (Å²) in [6.07, 6.45) is 1.46. The lowest BCUT2D eigenvalue weighted by Gasteiger charge is -2.11. The van der Waals surface area contributed by atoms with Gasteiger partial charge in [-0.25, -0.2) is 4.79 Å². The quantitative estimate of drug-likeness (QED) is 0.392. The molecule has 0 fully saturated rings. The predicted octanol–water partition coefficient (Wildman–Crippen LogP) is 4.25. The zero-order chi connectivity index (χ0) is 23.7. The molecular weight excluding hydrogens is 492 g/mol. The minimum Gasteiger partial charge on any atom is -0.467 e. The van der Waals surface area contributed by atoms with E-state index >= 15 is 0 Å². The number of esters is 1. The van der Waals surface area contributed by atoms with E-state index in [1.807, 2.05) is 26.0 Å². The van der Waals surface area contributed by atoms with Gasteiger partial charge in [0, 0.05) is 10.2 Å². The van der Waals surface area contributed by atoms with Gasteiger partial charge in [-0.1, -0.05) is 15.9 Å².